The molecule has 0 radical (unpaired) electrons. The average Bonchev–Trinajstić information content (AvgIpc) is 2.96. The molecule has 152 valence electrons. The Morgan fingerprint density at radius 3 is 2.66 bits per heavy atom. The molecule has 0 spiro atoms. The van der Waals surface area contributed by atoms with Crippen LogP contribution in [0.4, 0.5) is 5.69 Å². The monoisotopic (exact) mass is 494 g/mol. The molecule has 29 heavy (non-hydrogen) atoms. The van der Waals surface area contributed by atoms with Gasteiger partial charge in [0.2, 0.25) is 0 Å². The van der Waals surface area contributed by atoms with Crippen LogP contribution in [0.2, 0.25) is 5.02 Å². The minimum atomic E-state index is -0.142. The van der Waals surface area contributed by atoms with Gasteiger partial charge in [-0.25, -0.2) is 4.99 Å². The molecule has 1 heterocycles. The number of aliphatic imine (C=N–C) groups is 1. The maximum absolute atomic E-state index is 12.9. The van der Waals surface area contributed by atoms with Gasteiger partial charge in [-0.15, -0.1) is 0 Å². The fourth-order valence-corrected chi connectivity index (χ4v) is 4.59. The van der Waals surface area contributed by atoms with Gasteiger partial charge in [0.15, 0.2) is 5.17 Å². The van der Waals surface area contributed by atoms with Gasteiger partial charge in [-0.1, -0.05) is 34.5 Å². The molecule has 1 aliphatic heterocycles. The van der Waals surface area contributed by atoms with E-state index in [0.717, 1.165) is 22.3 Å². The van der Waals surface area contributed by atoms with Crippen molar-refractivity contribution in [3.63, 3.8) is 0 Å². The van der Waals surface area contributed by atoms with E-state index < -0.39 is 0 Å². The molecule has 0 aromatic heterocycles. The molecule has 0 saturated carbocycles. The molecule has 0 aliphatic carbocycles. The van der Waals surface area contributed by atoms with E-state index in [-0.39, 0.29) is 16.7 Å². The predicted octanol–water partition coefficient (Wildman–Crippen LogP) is 6.22. The number of nitrogens with zero attached hydrogens (tertiary/aromatic N) is 2. The molecule has 5 nitrogen and oxygen atoms in total. The summed E-state index contributed by atoms with van der Waals surface area (Å²) in [6.07, 6.45) is 2.44. The molecule has 1 N–H and O–H groups in total. The Hall–Kier alpha value is -1.96. The molecule has 1 fully saturated rings. The van der Waals surface area contributed by atoms with E-state index in [1.807, 2.05) is 38.1 Å². The number of ether oxygens (including phenoxy) is 1. The van der Waals surface area contributed by atoms with Gasteiger partial charge in [0.05, 0.1) is 22.2 Å². The number of rotatable bonds is 6. The topological polar surface area (TPSA) is 62.1 Å². The molecule has 1 saturated heterocycles. The van der Waals surface area contributed by atoms with Gasteiger partial charge in [0.25, 0.3) is 5.91 Å². The number of thioether (sulfide) groups is 1. The Morgan fingerprint density at radius 1 is 1.28 bits per heavy atom. The van der Waals surface area contributed by atoms with Crippen molar-refractivity contribution in [1.82, 2.24) is 4.90 Å². The van der Waals surface area contributed by atoms with E-state index in [0.29, 0.717) is 28.8 Å². The van der Waals surface area contributed by atoms with Crippen molar-refractivity contribution in [3.8, 4) is 11.5 Å². The molecule has 1 amide bonds. The van der Waals surface area contributed by atoms with Crippen LogP contribution in [0.3, 0.4) is 0 Å². The number of amides is 1. The Labute approximate surface area is 187 Å². The fourth-order valence-electron chi connectivity index (χ4n) is 2.74. The first-order chi connectivity index (χ1) is 13.9. The molecule has 0 atom stereocenters. The van der Waals surface area contributed by atoms with Crippen LogP contribution in [0.25, 0.3) is 6.08 Å². The molecule has 8 heteroatoms. The molecule has 0 bridgehead atoms. The second-order valence-corrected chi connectivity index (χ2v) is 8.55. The lowest BCUT2D eigenvalue weighted by Crippen LogP contribution is -2.29. The van der Waals surface area contributed by atoms with Crippen LogP contribution in [0.15, 0.2) is 50.8 Å². The van der Waals surface area contributed by atoms with Gasteiger partial charge < -0.3 is 9.84 Å². The van der Waals surface area contributed by atoms with E-state index in [4.69, 9.17) is 16.3 Å². The number of phenols is 1. The summed E-state index contributed by atoms with van der Waals surface area (Å²) in [6.45, 7) is 5.10. The highest BCUT2D eigenvalue weighted by atomic mass is 79.9. The first-order valence-electron chi connectivity index (χ1n) is 9.14. The minimum Gasteiger partial charge on any atom is -0.506 e. The quantitative estimate of drug-likeness (QED) is 0.483. The standard InChI is InChI=1S/C21H20BrClN2O3S/c1-3-9-25-20(27)18(11-13-10-14(22)12-17(23)19(13)26)29-21(25)24-15-5-7-16(8-6-15)28-4-2/h5-8,10-12,26H,3-4,9H2,1-2H3/b18-11-,24-21?. The van der Waals surface area contributed by atoms with Gasteiger partial charge in [0.1, 0.15) is 11.5 Å². The van der Waals surface area contributed by atoms with Gasteiger partial charge in [-0.3, -0.25) is 9.69 Å². The van der Waals surface area contributed by atoms with Crippen molar-refractivity contribution in [1.29, 1.82) is 0 Å². The number of hydrogen-bond acceptors (Lipinski definition) is 5. The van der Waals surface area contributed by atoms with Gasteiger partial charge in [-0.05, 0) is 67.6 Å². The van der Waals surface area contributed by atoms with E-state index in [1.165, 1.54) is 11.8 Å². The molecule has 2 aromatic carbocycles. The Balaban J connectivity index is 1.94. The summed E-state index contributed by atoms with van der Waals surface area (Å²) in [5.74, 6) is 0.575. The highest BCUT2D eigenvalue weighted by Crippen LogP contribution is 2.38. The number of halogens is 2. The summed E-state index contributed by atoms with van der Waals surface area (Å²) in [5, 5.41) is 11.1. The maximum Gasteiger partial charge on any atom is 0.266 e. The number of aromatic hydroxyl groups is 1. The second-order valence-electron chi connectivity index (χ2n) is 6.21. The van der Waals surface area contributed by atoms with Gasteiger partial charge in [0, 0.05) is 16.6 Å². The lowest BCUT2D eigenvalue weighted by atomic mass is 10.2. The SMILES string of the molecule is CCCN1C(=O)/C(=C/c2cc(Br)cc(Cl)c2O)SC1=Nc1ccc(OCC)cc1. The highest BCUT2D eigenvalue weighted by Gasteiger charge is 2.33. The summed E-state index contributed by atoms with van der Waals surface area (Å²) < 4.78 is 6.17. The molecule has 3 rings (SSSR count). The zero-order chi connectivity index (χ0) is 21.0. The fraction of sp³-hybridized carbons (Fsp3) is 0.238. The van der Waals surface area contributed by atoms with E-state index >= 15 is 0 Å². The third-order valence-electron chi connectivity index (χ3n) is 4.05. The van der Waals surface area contributed by atoms with Crippen LogP contribution in [0.5, 0.6) is 11.5 Å². The van der Waals surface area contributed by atoms with Crippen molar-refractivity contribution in [2.45, 2.75) is 20.3 Å². The number of phenolic OH excluding ortho intramolecular Hbond substituents is 1. The smallest absolute Gasteiger partial charge is 0.266 e. The van der Waals surface area contributed by atoms with Crippen LogP contribution in [0, 0.1) is 0 Å². The number of carbonyl (C=O) groups is 1. The summed E-state index contributed by atoms with van der Waals surface area (Å²) in [4.78, 5) is 19.7. The maximum atomic E-state index is 12.9. The Morgan fingerprint density at radius 2 is 2.00 bits per heavy atom. The predicted molar refractivity (Wildman–Crippen MR) is 123 cm³/mol. The van der Waals surface area contributed by atoms with E-state index in [9.17, 15) is 9.90 Å². The van der Waals surface area contributed by atoms with Crippen LogP contribution in [-0.2, 0) is 4.79 Å². The van der Waals surface area contributed by atoms with Crippen molar-refractivity contribution >= 4 is 62.1 Å². The lowest BCUT2D eigenvalue weighted by molar-refractivity contribution is -0.122. The molecule has 2 aromatic rings. The summed E-state index contributed by atoms with van der Waals surface area (Å²) in [7, 11) is 0. The van der Waals surface area contributed by atoms with Gasteiger partial charge >= 0.3 is 0 Å². The van der Waals surface area contributed by atoms with Crippen molar-refractivity contribution < 1.29 is 14.6 Å². The number of benzene rings is 2. The van der Waals surface area contributed by atoms with Gasteiger partial charge in [-0.2, -0.15) is 0 Å². The Kier molecular flexibility index (Phi) is 7.27. The van der Waals surface area contributed by atoms with E-state index in [1.54, 1.807) is 23.1 Å². The average molecular weight is 496 g/mol. The third-order valence-corrected chi connectivity index (χ3v) is 5.80. The summed E-state index contributed by atoms with van der Waals surface area (Å²) >= 11 is 10.7. The van der Waals surface area contributed by atoms with Crippen molar-refractivity contribution in [2.75, 3.05) is 13.2 Å². The summed E-state index contributed by atoms with van der Waals surface area (Å²) in [6, 6.07) is 10.7. The highest BCUT2D eigenvalue weighted by molar-refractivity contribution is 9.10. The number of amidine groups is 1. The van der Waals surface area contributed by atoms with E-state index in [2.05, 4.69) is 20.9 Å². The second kappa shape index (κ2) is 9.69. The normalized spacial score (nSPS) is 16.8. The van der Waals surface area contributed by atoms with Crippen LogP contribution >= 0.6 is 39.3 Å². The van der Waals surface area contributed by atoms with Crippen LogP contribution < -0.4 is 4.74 Å². The minimum absolute atomic E-state index is 0.0605. The number of carbonyl (C=O) groups excluding carboxylic acids is 1. The van der Waals surface area contributed by atoms with Crippen LogP contribution in [0.1, 0.15) is 25.8 Å². The third kappa shape index (κ3) is 5.15. The zero-order valence-electron chi connectivity index (χ0n) is 16.0. The summed E-state index contributed by atoms with van der Waals surface area (Å²) in [5.41, 5.74) is 1.21. The lowest BCUT2D eigenvalue weighted by Gasteiger charge is -2.14. The Bertz CT molecular complexity index is 977. The number of hydrogen-bond donors (Lipinski definition) is 1. The largest absolute Gasteiger partial charge is 0.506 e. The molecule has 0 unspecified atom stereocenters. The van der Waals surface area contributed by atoms with Crippen LogP contribution in [-0.4, -0.2) is 34.2 Å². The molecular weight excluding hydrogens is 476 g/mol. The first-order valence-corrected chi connectivity index (χ1v) is 11.1. The molecule has 1 aliphatic rings. The zero-order valence-corrected chi connectivity index (χ0v) is 19.1. The molecular formula is C21H20BrClN2O3S. The first kappa shape index (κ1) is 21.7. The van der Waals surface area contributed by atoms with Crippen molar-refractivity contribution in [3.05, 3.63) is 56.4 Å². The van der Waals surface area contributed by atoms with Crippen molar-refractivity contribution in [2.24, 2.45) is 4.99 Å².